The van der Waals surface area contributed by atoms with Crippen molar-refractivity contribution in [1.82, 2.24) is 10.2 Å². The Kier molecular flexibility index (Phi) is 4.46. The van der Waals surface area contributed by atoms with Gasteiger partial charge in [0.15, 0.2) is 0 Å². The third-order valence-corrected chi connectivity index (χ3v) is 5.38. The van der Waals surface area contributed by atoms with Gasteiger partial charge in [-0.2, -0.15) is 0 Å². The fraction of sp³-hybridized carbons (Fsp3) is 0.350. The second-order valence-electron chi connectivity index (χ2n) is 7.00. The van der Waals surface area contributed by atoms with Crippen molar-refractivity contribution >= 4 is 5.91 Å². The van der Waals surface area contributed by atoms with E-state index in [0.717, 1.165) is 23.6 Å². The van der Waals surface area contributed by atoms with Gasteiger partial charge in [0.2, 0.25) is 5.91 Å². The monoisotopic (exact) mass is 357 g/mol. The number of carbonyl (C=O) groups is 1. The van der Waals surface area contributed by atoms with Crippen molar-refractivity contribution in [2.24, 2.45) is 5.73 Å². The Balaban J connectivity index is 1.56. The summed E-state index contributed by atoms with van der Waals surface area (Å²) in [6.45, 7) is 1.43. The van der Waals surface area contributed by atoms with E-state index in [1.807, 2.05) is 29.2 Å². The molecule has 4 nitrogen and oxygen atoms in total. The average molecular weight is 357 g/mol. The van der Waals surface area contributed by atoms with E-state index in [1.54, 1.807) is 0 Å². The van der Waals surface area contributed by atoms with Crippen LogP contribution in [0, 0.1) is 11.6 Å². The van der Waals surface area contributed by atoms with Gasteiger partial charge in [-0.15, -0.1) is 0 Å². The van der Waals surface area contributed by atoms with Crippen LogP contribution in [0.4, 0.5) is 8.78 Å². The number of nitrogens with two attached hydrogens (primary N) is 1. The van der Waals surface area contributed by atoms with E-state index in [0.29, 0.717) is 19.5 Å². The number of likely N-dealkylation sites (tertiary alicyclic amines) is 1. The normalized spacial score (nSPS) is 23.2. The molecule has 1 unspecified atom stereocenters. The van der Waals surface area contributed by atoms with Crippen molar-refractivity contribution in [3.8, 4) is 0 Å². The highest BCUT2D eigenvalue weighted by Gasteiger charge is 2.37. The van der Waals surface area contributed by atoms with Crippen LogP contribution in [0.2, 0.25) is 0 Å². The number of amides is 1. The molecule has 4 rings (SSSR count). The molecule has 1 heterocycles. The van der Waals surface area contributed by atoms with Gasteiger partial charge < -0.3 is 11.1 Å². The highest BCUT2D eigenvalue weighted by molar-refractivity contribution is 5.84. The summed E-state index contributed by atoms with van der Waals surface area (Å²) < 4.78 is 27.6. The van der Waals surface area contributed by atoms with E-state index in [1.165, 1.54) is 12.1 Å². The lowest BCUT2D eigenvalue weighted by Gasteiger charge is -2.38. The summed E-state index contributed by atoms with van der Waals surface area (Å²) in [7, 11) is 0. The van der Waals surface area contributed by atoms with Crippen molar-refractivity contribution in [2.75, 3.05) is 13.1 Å². The molecule has 136 valence electrons. The second-order valence-corrected chi connectivity index (χ2v) is 7.00. The van der Waals surface area contributed by atoms with Crippen molar-refractivity contribution in [3.63, 3.8) is 0 Å². The Morgan fingerprint density at radius 1 is 1.19 bits per heavy atom. The van der Waals surface area contributed by atoms with E-state index in [2.05, 4.69) is 5.32 Å². The van der Waals surface area contributed by atoms with E-state index >= 15 is 0 Å². The van der Waals surface area contributed by atoms with Crippen molar-refractivity contribution in [1.29, 1.82) is 0 Å². The first-order chi connectivity index (χ1) is 12.5. The average Bonchev–Trinajstić information content (AvgIpc) is 2.88. The molecule has 0 saturated carbocycles. The second kappa shape index (κ2) is 6.78. The molecule has 1 amide bonds. The van der Waals surface area contributed by atoms with Gasteiger partial charge in [-0.3, -0.25) is 9.69 Å². The lowest BCUT2D eigenvalue weighted by Crippen LogP contribution is -2.50. The van der Waals surface area contributed by atoms with E-state index in [9.17, 15) is 13.6 Å². The number of carbonyl (C=O) groups excluding carboxylic acids is 1. The number of hydrogen-bond donors (Lipinski definition) is 2. The molecule has 1 aliphatic heterocycles. The molecule has 0 aromatic heterocycles. The Hall–Kier alpha value is -2.31. The molecule has 2 aromatic carbocycles. The van der Waals surface area contributed by atoms with Crippen molar-refractivity contribution in [2.45, 2.75) is 31.0 Å². The lowest BCUT2D eigenvalue weighted by molar-refractivity contribution is -0.129. The van der Waals surface area contributed by atoms with Gasteiger partial charge in [-0.25, -0.2) is 8.78 Å². The van der Waals surface area contributed by atoms with Crippen LogP contribution in [0.15, 0.2) is 42.5 Å². The number of benzene rings is 2. The summed E-state index contributed by atoms with van der Waals surface area (Å²) in [6.07, 6.45) is 1.61. The molecule has 1 aliphatic carbocycles. The number of nitrogens with zero attached hydrogens (tertiary/aromatic N) is 1. The maximum Gasteiger partial charge on any atom is 0.242 e. The molecule has 6 heteroatoms. The number of nitrogens with one attached hydrogen (secondary N) is 1. The van der Waals surface area contributed by atoms with Gasteiger partial charge in [0, 0.05) is 24.7 Å². The zero-order valence-corrected chi connectivity index (χ0v) is 14.3. The lowest BCUT2D eigenvalue weighted by atomic mass is 9.99. The summed E-state index contributed by atoms with van der Waals surface area (Å²) >= 11 is 0. The molecule has 0 spiro atoms. The van der Waals surface area contributed by atoms with Gasteiger partial charge in [0.1, 0.15) is 17.7 Å². The standard InChI is InChI=1S/C20H21F2N3O/c21-13-6-7-15(16(22)11-13)19(25-8-3-9-25)20(26)24-17-10-12-4-1-2-5-14(12)18(17)23/h1-2,4-7,11,17-19H,3,8-10,23H2,(H,24,26)/t17-,18-,19?/m0/s1. The topological polar surface area (TPSA) is 58.4 Å². The first-order valence-corrected chi connectivity index (χ1v) is 8.87. The highest BCUT2D eigenvalue weighted by atomic mass is 19.1. The predicted octanol–water partition coefficient (Wildman–Crippen LogP) is 2.45. The highest BCUT2D eigenvalue weighted by Crippen LogP contribution is 2.32. The summed E-state index contributed by atoms with van der Waals surface area (Å²) in [6, 6.07) is 9.95. The molecule has 2 aliphatic rings. The summed E-state index contributed by atoms with van der Waals surface area (Å²) in [5.74, 6) is -1.64. The minimum atomic E-state index is -0.764. The number of rotatable bonds is 4. The minimum Gasteiger partial charge on any atom is -0.349 e. The van der Waals surface area contributed by atoms with Gasteiger partial charge >= 0.3 is 0 Å². The SMILES string of the molecule is N[C@H]1c2ccccc2C[C@@H]1NC(=O)C(c1ccc(F)cc1F)N1CCC1. The molecular weight excluding hydrogens is 336 g/mol. The predicted molar refractivity (Wildman–Crippen MR) is 94.3 cm³/mol. The van der Waals surface area contributed by atoms with E-state index in [-0.39, 0.29) is 23.6 Å². The molecule has 1 saturated heterocycles. The van der Waals surface area contributed by atoms with Crippen LogP contribution in [0.3, 0.4) is 0 Å². The Morgan fingerprint density at radius 2 is 1.96 bits per heavy atom. The van der Waals surface area contributed by atoms with Crippen LogP contribution in [0.1, 0.15) is 35.2 Å². The maximum absolute atomic E-state index is 14.3. The third-order valence-electron chi connectivity index (χ3n) is 5.38. The van der Waals surface area contributed by atoms with Crippen molar-refractivity contribution < 1.29 is 13.6 Å². The van der Waals surface area contributed by atoms with Gasteiger partial charge in [0.25, 0.3) is 0 Å². The Bertz CT molecular complexity index is 838. The summed E-state index contributed by atoms with van der Waals surface area (Å²) in [5, 5.41) is 3.00. The number of fused-ring (bicyclic) bond motifs is 1. The number of halogens is 2. The van der Waals surface area contributed by atoms with Crippen LogP contribution in [0.5, 0.6) is 0 Å². The van der Waals surface area contributed by atoms with Crippen LogP contribution in [-0.4, -0.2) is 29.9 Å². The molecular formula is C20H21F2N3O. The molecule has 3 atom stereocenters. The molecule has 2 aromatic rings. The van der Waals surface area contributed by atoms with Gasteiger partial charge in [-0.05, 0) is 30.0 Å². The quantitative estimate of drug-likeness (QED) is 0.884. The minimum absolute atomic E-state index is 0.202. The Morgan fingerprint density at radius 3 is 2.62 bits per heavy atom. The summed E-state index contributed by atoms with van der Waals surface area (Å²) in [5.41, 5.74) is 8.66. The first kappa shape index (κ1) is 17.1. The van der Waals surface area contributed by atoms with Crippen LogP contribution in [0.25, 0.3) is 0 Å². The zero-order chi connectivity index (χ0) is 18.3. The van der Waals surface area contributed by atoms with E-state index < -0.39 is 17.7 Å². The zero-order valence-electron chi connectivity index (χ0n) is 14.3. The fourth-order valence-corrected chi connectivity index (χ4v) is 3.85. The Labute approximate surface area is 151 Å². The van der Waals surface area contributed by atoms with Crippen LogP contribution >= 0.6 is 0 Å². The molecule has 3 N–H and O–H groups in total. The molecule has 0 radical (unpaired) electrons. The smallest absolute Gasteiger partial charge is 0.242 e. The maximum atomic E-state index is 14.3. The largest absolute Gasteiger partial charge is 0.349 e. The first-order valence-electron chi connectivity index (χ1n) is 8.87. The van der Waals surface area contributed by atoms with Gasteiger partial charge in [0.05, 0.1) is 12.1 Å². The number of hydrogen-bond acceptors (Lipinski definition) is 3. The third kappa shape index (κ3) is 2.99. The molecule has 26 heavy (non-hydrogen) atoms. The van der Waals surface area contributed by atoms with Crippen LogP contribution < -0.4 is 11.1 Å². The fourth-order valence-electron chi connectivity index (χ4n) is 3.85. The molecule has 1 fully saturated rings. The van der Waals surface area contributed by atoms with Crippen LogP contribution in [-0.2, 0) is 11.2 Å². The van der Waals surface area contributed by atoms with Crippen molar-refractivity contribution in [3.05, 3.63) is 70.8 Å². The molecule has 0 bridgehead atoms. The summed E-state index contributed by atoms with van der Waals surface area (Å²) in [4.78, 5) is 14.9. The van der Waals surface area contributed by atoms with Gasteiger partial charge in [-0.1, -0.05) is 30.3 Å². The van der Waals surface area contributed by atoms with E-state index in [4.69, 9.17) is 5.73 Å².